The maximum absolute atomic E-state index is 6.13. The van der Waals surface area contributed by atoms with Crippen LogP contribution in [0.2, 0.25) is 5.02 Å². The monoisotopic (exact) mass is 343 g/mol. The summed E-state index contributed by atoms with van der Waals surface area (Å²) in [5, 5.41) is 5.08. The Labute approximate surface area is 124 Å². The first-order valence-electron chi connectivity index (χ1n) is 5.23. The average molecular weight is 345 g/mol. The van der Waals surface area contributed by atoms with Crippen molar-refractivity contribution >= 4 is 44.7 Å². The summed E-state index contributed by atoms with van der Waals surface area (Å²) in [6, 6.07) is 5.70. The normalized spacial score (nSPS) is 10.7. The van der Waals surface area contributed by atoms with Crippen molar-refractivity contribution in [3.05, 3.63) is 44.6 Å². The van der Waals surface area contributed by atoms with Gasteiger partial charge < -0.3 is 5.73 Å². The van der Waals surface area contributed by atoms with Crippen molar-refractivity contribution in [2.75, 3.05) is 0 Å². The summed E-state index contributed by atoms with van der Waals surface area (Å²) in [6.07, 6.45) is 0. The van der Waals surface area contributed by atoms with Crippen LogP contribution >= 0.6 is 39.7 Å². The molecular formula is C12H11BrClN3S. The van der Waals surface area contributed by atoms with Gasteiger partial charge in [0.15, 0.2) is 0 Å². The van der Waals surface area contributed by atoms with Crippen molar-refractivity contribution in [1.29, 1.82) is 0 Å². The van der Waals surface area contributed by atoms with Crippen molar-refractivity contribution in [2.24, 2.45) is 5.73 Å². The van der Waals surface area contributed by atoms with E-state index in [9.17, 15) is 0 Å². The first-order valence-corrected chi connectivity index (χ1v) is 6.81. The molecule has 0 aliphatic rings. The van der Waals surface area contributed by atoms with E-state index < -0.39 is 0 Å². The second-order valence-electron chi connectivity index (χ2n) is 3.93. The van der Waals surface area contributed by atoms with Crippen LogP contribution in [0.25, 0.3) is 5.69 Å². The maximum Gasteiger partial charge on any atom is 0.105 e. The molecule has 0 saturated carbocycles. The molecule has 0 aliphatic heterocycles. The molecule has 1 aromatic carbocycles. The van der Waals surface area contributed by atoms with Gasteiger partial charge in [-0.3, -0.25) is 0 Å². The van der Waals surface area contributed by atoms with Crippen LogP contribution in [0.15, 0.2) is 22.7 Å². The highest BCUT2D eigenvalue weighted by Crippen LogP contribution is 2.25. The number of aromatic nitrogens is 2. The molecule has 18 heavy (non-hydrogen) atoms. The molecule has 0 spiro atoms. The second kappa shape index (κ2) is 4.99. The Morgan fingerprint density at radius 1 is 1.44 bits per heavy atom. The van der Waals surface area contributed by atoms with E-state index in [0.717, 1.165) is 27.1 Å². The SMILES string of the molecule is Cc1nn(-c2ccc(C(N)=S)c(Br)c2)c(C)c1Cl. The van der Waals surface area contributed by atoms with Gasteiger partial charge in [0, 0.05) is 10.0 Å². The number of halogens is 2. The summed E-state index contributed by atoms with van der Waals surface area (Å²) in [4.78, 5) is 0.361. The standard InChI is InChI=1S/C12H11BrClN3S/c1-6-11(14)7(2)17(16-6)8-3-4-9(12(15)18)10(13)5-8/h3-5H,1-2H3,(H2,15,18). The zero-order valence-electron chi connectivity index (χ0n) is 9.87. The Hall–Kier alpha value is -0.910. The van der Waals surface area contributed by atoms with E-state index in [-0.39, 0.29) is 0 Å². The Morgan fingerprint density at radius 2 is 2.11 bits per heavy atom. The fourth-order valence-corrected chi connectivity index (χ4v) is 2.72. The highest BCUT2D eigenvalue weighted by Gasteiger charge is 2.12. The quantitative estimate of drug-likeness (QED) is 0.848. The molecule has 0 aliphatic carbocycles. The Morgan fingerprint density at radius 3 is 2.56 bits per heavy atom. The third kappa shape index (κ3) is 2.30. The number of rotatable bonds is 2. The van der Waals surface area contributed by atoms with Crippen molar-refractivity contribution in [3.63, 3.8) is 0 Å². The minimum atomic E-state index is 0.361. The summed E-state index contributed by atoms with van der Waals surface area (Å²) < 4.78 is 2.64. The van der Waals surface area contributed by atoms with Crippen LogP contribution in [0.4, 0.5) is 0 Å². The van der Waals surface area contributed by atoms with Crippen LogP contribution in [0.5, 0.6) is 0 Å². The molecule has 1 heterocycles. The van der Waals surface area contributed by atoms with E-state index >= 15 is 0 Å². The van der Waals surface area contributed by atoms with E-state index in [1.165, 1.54) is 0 Å². The number of thiocarbonyl (C=S) groups is 1. The lowest BCUT2D eigenvalue weighted by atomic mass is 10.2. The molecule has 0 bridgehead atoms. The number of benzene rings is 1. The van der Waals surface area contributed by atoms with Crippen LogP contribution in [0.1, 0.15) is 17.0 Å². The molecule has 0 amide bonds. The van der Waals surface area contributed by atoms with Gasteiger partial charge in [-0.15, -0.1) is 0 Å². The minimum absolute atomic E-state index is 0.361. The Balaban J connectivity index is 2.55. The van der Waals surface area contributed by atoms with Gasteiger partial charge in [-0.05, 0) is 48.0 Å². The van der Waals surface area contributed by atoms with Crippen molar-refractivity contribution in [3.8, 4) is 5.69 Å². The molecule has 94 valence electrons. The molecule has 6 heteroatoms. The fourth-order valence-electron chi connectivity index (χ4n) is 1.71. The maximum atomic E-state index is 6.13. The fraction of sp³-hybridized carbons (Fsp3) is 0.167. The van der Waals surface area contributed by atoms with Gasteiger partial charge in [0.1, 0.15) is 4.99 Å². The lowest BCUT2D eigenvalue weighted by Gasteiger charge is -2.08. The van der Waals surface area contributed by atoms with Gasteiger partial charge in [0.25, 0.3) is 0 Å². The number of hydrogen-bond acceptors (Lipinski definition) is 2. The smallest absolute Gasteiger partial charge is 0.105 e. The third-order valence-electron chi connectivity index (χ3n) is 2.67. The van der Waals surface area contributed by atoms with Crippen LogP contribution in [-0.2, 0) is 0 Å². The molecule has 2 N–H and O–H groups in total. The van der Waals surface area contributed by atoms with E-state index in [1.807, 2.05) is 32.0 Å². The van der Waals surface area contributed by atoms with E-state index in [0.29, 0.717) is 10.0 Å². The summed E-state index contributed by atoms with van der Waals surface area (Å²) in [5.74, 6) is 0. The first-order chi connectivity index (χ1) is 8.41. The third-order valence-corrected chi connectivity index (χ3v) is 4.09. The zero-order chi connectivity index (χ0) is 13.4. The van der Waals surface area contributed by atoms with Gasteiger partial charge in [-0.1, -0.05) is 23.8 Å². The Kier molecular flexibility index (Phi) is 3.75. The van der Waals surface area contributed by atoms with Crippen LogP contribution < -0.4 is 5.73 Å². The van der Waals surface area contributed by atoms with Crippen molar-refractivity contribution < 1.29 is 0 Å². The van der Waals surface area contributed by atoms with Gasteiger partial charge >= 0.3 is 0 Å². The van der Waals surface area contributed by atoms with Gasteiger partial charge in [0.2, 0.25) is 0 Å². The average Bonchev–Trinajstić information content (AvgIpc) is 2.56. The number of hydrogen-bond donors (Lipinski definition) is 1. The lowest BCUT2D eigenvalue weighted by Crippen LogP contribution is -2.10. The van der Waals surface area contributed by atoms with E-state index in [2.05, 4.69) is 21.0 Å². The largest absolute Gasteiger partial charge is 0.389 e. The molecule has 2 rings (SSSR count). The first kappa shape index (κ1) is 13.5. The van der Waals surface area contributed by atoms with Crippen molar-refractivity contribution in [2.45, 2.75) is 13.8 Å². The lowest BCUT2D eigenvalue weighted by molar-refractivity contribution is 0.833. The summed E-state index contributed by atoms with van der Waals surface area (Å²) >= 11 is 14.6. The summed E-state index contributed by atoms with van der Waals surface area (Å²) in [5.41, 5.74) is 9.05. The van der Waals surface area contributed by atoms with Crippen LogP contribution in [0, 0.1) is 13.8 Å². The summed E-state index contributed by atoms with van der Waals surface area (Å²) in [7, 11) is 0. The van der Waals surface area contributed by atoms with Gasteiger partial charge in [0.05, 0.1) is 22.1 Å². The van der Waals surface area contributed by atoms with Crippen LogP contribution in [-0.4, -0.2) is 14.8 Å². The number of nitrogens with zero attached hydrogens (tertiary/aromatic N) is 2. The molecular weight excluding hydrogens is 334 g/mol. The predicted molar refractivity (Wildman–Crippen MR) is 81.6 cm³/mol. The molecule has 3 nitrogen and oxygen atoms in total. The van der Waals surface area contributed by atoms with Crippen molar-refractivity contribution in [1.82, 2.24) is 9.78 Å². The molecule has 0 fully saturated rings. The van der Waals surface area contributed by atoms with Gasteiger partial charge in [-0.2, -0.15) is 5.10 Å². The van der Waals surface area contributed by atoms with E-state index in [4.69, 9.17) is 29.6 Å². The van der Waals surface area contributed by atoms with Gasteiger partial charge in [-0.25, -0.2) is 4.68 Å². The Bertz CT molecular complexity index is 636. The number of nitrogens with two attached hydrogens (primary N) is 1. The predicted octanol–water partition coefficient (Wildman–Crippen LogP) is 3.54. The second-order valence-corrected chi connectivity index (χ2v) is 5.60. The molecule has 0 radical (unpaired) electrons. The summed E-state index contributed by atoms with van der Waals surface area (Å²) in [6.45, 7) is 3.81. The molecule has 0 saturated heterocycles. The minimum Gasteiger partial charge on any atom is -0.389 e. The molecule has 1 aromatic heterocycles. The molecule has 2 aromatic rings. The van der Waals surface area contributed by atoms with E-state index in [1.54, 1.807) is 4.68 Å². The topological polar surface area (TPSA) is 43.8 Å². The number of aryl methyl sites for hydroxylation is 1. The molecule has 0 unspecified atom stereocenters. The highest BCUT2D eigenvalue weighted by molar-refractivity contribution is 9.10. The van der Waals surface area contributed by atoms with Crippen LogP contribution in [0.3, 0.4) is 0 Å². The zero-order valence-corrected chi connectivity index (χ0v) is 13.0. The molecule has 0 atom stereocenters. The highest BCUT2D eigenvalue weighted by atomic mass is 79.9.